The van der Waals surface area contributed by atoms with Gasteiger partial charge in [0.2, 0.25) is 10.0 Å². The normalized spacial score (nSPS) is 15.4. The van der Waals surface area contributed by atoms with Crippen molar-refractivity contribution in [3.8, 4) is 0 Å². The molecular formula is C9H18N2O2S. The number of sulfonamides is 1. The summed E-state index contributed by atoms with van der Waals surface area (Å²) in [7, 11) is -3.31. The molecule has 1 atom stereocenters. The van der Waals surface area contributed by atoms with Crippen LogP contribution in [0.4, 0.5) is 0 Å². The summed E-state index contributed by atoms with van der Waals surface area (Å²) in [6.07, 6.45) is 1.30. The molecule has 0 amide bonds. The van der Waals surface area contributed by atoms with Crippen molar-refractivity contribution in [1.29, 1.82) is 0 Å². The summed E-state index contributed by atoms with van der Waals surface area (Å²) in [5.74, 6) is 0.413. The van der Waals surface area contributed by atoms with Gasteiger partial charge in [0.1, 0.15) is 5.84 Å². The number of amidine groups is 1. The Labute approximate surface area is 86.2 Å². The SMILES string of the molecule is C=C/N=C(\C)NS(=O)(=O)C(C)C(C)C. The second-order valence-electron chi connectivity index (χ2n) is 3.49. The van der Waals surface area contributed by atoms with Crippen LogP contribution in [0.25, 0.3) is 0 Å². The van der Waals surface area contributed by atoms with Crippen LogP contribution < -0.4 is 4.72 Å². The predicted molar refractivity (Wildman–Crippen MR) is 59.7 cm³/mol. The Bertz CT molecular complexity index is 318. The van der Waals surface area contributed by atoms with Gasteiger partial charge in [-0.15, -0.1) is 0 Å². The molecular weight excluding hydrogens is 200 g/mol. The van der Waals surface area contributed by atoms with Crippen molar-refractivity contribution in [1.82, 2.24) is 4.72 Å². The summed E-state index contributed by atoms with van der Waals surface area (Å²) in [5, 5.41) is -0.433. The highest BCUT2D eigenvalue weighted by Gasteiger charge is 2.23. The zero-order valence-corrected chi connectivity index (χ0v) is 9.93. The molecule has 0 heterocycles. The van der Waals surface area contributed by atoms with Gasteiger partial charge in [0.25, 0.3) is 0 Å². The van der Waals surface area contributed by atoms with Crippen LogP contribution in [0, 0.1) is 5.92 Å². The first-order valence-corrected chi connectivity index (χ1v) is 6.02. The molecule has 82 valence electrons. The molecule has 1 N–H and O–H groups in total. The summed E-state index contributed by atoms with van der Waals surface area (Å²) >= 11 is 0. The highest BCUT2D eigenvalue weighted by Crippen LogP contribution is 2.09. The van der Waals surface area contributed by atoms with Gasteiger partial charge in [-0.05, 0) is 19.8 Å². The molecule has 0 saturated heterocycles. The quantitative estimate of drug-likeness (QED) is 0.574. The van der Waals surface area contributed by atoms with Crippen molar-refractivity contribution in [2.45, 2.75) is 32.9 Å². The van der Waals surface area contributed by atoms with Gasteiger partial charge >= 0.3 is 0 Å². The van der Waals surface area contributed by atoms with Crippen LogP contribution in [0.3, 0.4) is 0 Å². The Morgan fingerprint density at radius 3 is 2.29 bits per heavy atom. The lowest BCUT2D eigenvalue weighted by atomic mass is 10.2. The van der Waals surface area contributed by atoms with Crippen molar-refractivity contribution in [2.24, 2.45) is 10.9 Å². The number of aliphatic imine (C=N–C) groups is 1. The Kier molecular flexibility index (Phi) is 4.83. The van der Waals surface area contributed by atoms with E-state index in [-0.39, 0.29) is 5.92 Å². The lowest BCUT2D eigenvalue weighted by Gasteiger charge is -2.17. The lowest BCUT2D eigenvalue weighted by Crippen LogP contribution is -2.38. The first-order chi connectivity index (χ1) is 6.31. The summed E-state index contributed by atoms with van der Waals surface area (Å²) in [6.45, 7) is 10.4. The van der Waals surface area contributed by atoms with E-state index in [0.717, 1.165) is 0 Å². The minimum Gasteiger partial charge on any atom is -0.271 e. The third kappa shape index (κ3) is 3.91. The fraction of sp³-hybridized carbons (Fsp3) is 0.667. The lowest BCUT2D eigenvalue weighted by molar-refractivity contribution is 0.542. The van der Waals surface area contributed by atoms with E-state index in [1.54, 1.807) is 13.8 Å². The topological polar surface area (TPSA) is 58.5 Å². The summed E-state index contributed by atoms with van der Waals surface area (Å²) in [5.41, 5.74) is 0. The predicted octanol–water partition coefficient (Wildman–Crippen LogP) is 1.51. The maximum atomic E-state index is 11.6. The maximum absolute atomic E-state index is 11.6. The number of nitrogens with zero attached hydrogens (tertiary/aromatic N) is 1. The average molecular weight is 218 g/mol. The van der Waals surface area contributed by atoms with Crippen LogP contribution in [0.2, 0.25) is 0 Å². The van der Waals surface area contributed by atoms with E-state index in [4.69, 9.17) is 0 Å². The summed E-state index contributed by atoms with van der Waals surface area (Å²) < 4.78 is 25.7. The molecule has 0 spiro atoms. The summed E-state index contributed by atoms with van der Waals surface area (Å²) in [6, 6.07) is 0. The zero-order chi connectivity index (χ0) is 11.4. The van der Waals surface area contributed by atoms with E-state index < -0.39 is 15.3 Å². The molecule has 0 rings (SSSR count). The Morgan fingerprint density at radius 2 is 1.93 bits per heavy atom. The van der Waals surface area contributed by atoms with Crippen LogP contribution in [0.1, 0.15) is 27.7 Å². The molecule has 5 heteroatoms. The van der Waals surface area contributed by atoms with E-state index in [1.165, 1.54) is 6.20 Å². The fourth-order valence-electron chi connectivity index (χ4n) is 0.820. The molecule has 0 radical (unpaired) electrons. The molecule has 14 heavy (non-hydrogen) atoms. The first-order valence-electron chi connectivity index (χ1n) is 4.48. The molecule has 0 saturated carbocycles. The van der Waals surface area contributed by atoms with Crippen LogP contribution in [-0.2, 0) is 10.0 Å². The number of nitrogens with one attached hydrogen (secondary N) is 1. The van der Waals surface area contributed by atoms with Crippen molar-refractivity contribution in [3.63, 3.8) is 0 Å². The van der Waals surface area contributed by atoms with Crippen molar-refractivity contribution in [2.75, 3.05) is 0 Å². The third-order valence-electron chi connectivity index (χ3n) is 2.00. The molecule has 0 aromatic heterocycles. The van der Waals surface area contributed by atoms with E-state index >= 15 is 0 Å². The molecule has 0 fully saturated rings. The van der Waals surface area contributed by atoms with Crippen molar-refractivity contribution < 1.29 is 8.42 Å². The van der Waals surface area contributed by atoms with Gasteiger partial charge in [-0.3, -0.25) is 4.72 Å². The smallest absolute Gasteiger partial charge is 0.236 e. The van der Waals surface area contributed by atoms with Gasteiger partial charge in [-0.2, -0.15) is 0 Å². The fourth-order valence-corrected chi connectivity index (χ4v) is 2.19. The van der Waals surface area contributed by atoms with Gasteiger partial charge in [0.15, 0.2) is 0 Å². The van der Waals surface area contributed by atoms with Crippen molar-refractivity contribution in [3.05, 3.63) is 12.8 Å². The maximum Gasteiger partial charge on any atom is 0.236 e. The number of hydrogen-bond donors (Lipinski definition) is 1. The minimum atomic E-state index is -3.31. The third-order valence-corrected chi connectivity index (χ3v) is 4.11. The van der Waals surface area contributed by atoms with Crippen molar-refractivity contribution >= 4 is 15.9 Å². The zero-order valence-electron chi connectivity index (χ0n) is 9.11. The van der Waals surface area contributed by atoms with Crippen LogP contribution in [0.5, 0.6) is 0 Å². The molecule has 0 aliphatic rings. The second kappa shape index (κ2) is 5.14. The van der Waals surface area contributed by atoms with Crippen LogP contribution in [0.15, 0.2) is 17.8 Å². The molecule has 0 aliphatic carbocycles. The second-order valence-corrected chi connectivity index (χ2v) is 5.53. The molecule has 1 unspecified atom stereocenters. The summed E-state index contributed by atoms with van der Waals surface area (Å²) in [4.78, 5) is 3.74. The largest absolute Gasteiger partial charge is 0.271 e. The average Bonchev–Trinajstić information content (AvgIpc) is 2.02. The van der Waals surface area contributed by atoms with Gasteiger partial charge in [0, 0.05) is 6.20 Å². The van der Waals surface area contributed by atoms with E-state index in [2.05, 4.69) is 16.3 Å². The highest BCUT2D eigenvalue weighted by atomic mass is 32.2. The van der Waals surface area contributed by atoms with Gasteiger partial charge < -0.3 is 0 Å². The Morgan fingerprint density at radius 1 is 1.43 bits per heavy atom. The highest BCUT2D eigenvalue weighted by molar-refractivity contribution is 7.90. The number of rotatable bonds is 4. The van der Waals surface area contributed by atoms with Gasteiger partial charge in [-0.1, -0.05) is 20.4 Å². The molecule has 0 bridgehead atoms. The Balaban J connectivity index is 4.66. The molecule has 4 nitrogen and oxygen atoms in total. The van der Waals surface area contributed by atoms with E-state index in [1.807, 2.05) is 13.8 Å². The van der Waals surface area contributed by atoms with Gasteiger partial charge in [-0.25, -0.2) is 13.4 Å². The Hall–Kier alpha value is -0.840. The number of hydrogen-bond acceptors (Lipinski definition) is 3. The molecule has 0 aliphatic heterocycles. The first kappa shape index (κ1) is 13.2. The van der Waals surface area contributed by atoms with E-state index in [0.29, 0.717) is 5.84 Å². The molecule has 0 aromatic carbocycles. The van der Waals surface area contributed by atoms with Crippen LogP contribution in [-0.4, -0.2) is 19.5 Å². The minimum absolute atomic E-state index is 0.0732. The van der Waals surface area contributed by atoms with Crippen LogP contribution >= 0.6 is 0 Å². The van der Waals surface area contributed by atoms with E-state index in [9.17, 15) is 8.42 Å². The van der Waals surface area contributed by atoms with Gasteiger partial charge in [0.05, 0.1) is 5.25 Å². The molecule has 0 aromatic rings. The monoisotopic (exact) mass is 218 g/mol. The standard InChI is InChI=1S/C9H18N2O2S/c1-6-10-9(5)11-14(12,13)8(4)7(2)3/h6-8H,1H2,2-5H3,(H,10,11).